The normalized spacial score (nSPS) is 15.6. The van der Waals surface area contributed by atoms with Crippen LogP contribution in [0.25, 0.3) is 11.0 Å². The van der Waals surface area contributed by atoms with E-state index < -0.39 is 6.04 Å². The summed E-state index contributed by atoms with van der Waals surface area (Å²) in [7, 11) is 0. The topological polar surface area (TPSA) is 63.4 Å². The van der Waals surface area contributed by atoms with E-state index in [0.717, 1.165) is 17.5 Å². The summed E-state index contributed by atoms with van der Waals surface area (Å²) < 4.78 is 5.97. The number of fused-ring (bicyclic) bond motifs is 2. The van der Waals surface area contributed by atoms with E-state index in [0.29, 0.717) is 22.4 Å². The fraction of sp³-hybridized carbons (Fsp3) is 0.160. The molecule has 5 nitrogen and oxygen atoms in total. The van der Waals surface area contributed by atoms with E-state index in [2.05, 4.69) is 11.9 Å². The van der Waals surface area contributed by atoms with Crippen LogP contribution < -0.4 is 10.3 Å². The van der Waals surface area contributed by atoms with Crippen LogP contribution in [0.5, 0.6) is 0 Å². The minimum Gasteiger partial charge on any atom is -0.450 e. The third-order valence-corrected chi connectivity index (χ3v) is 5.69. The summed E-state index contributed by atoms with van der Waals surface area (Å²) in [5.74, 6) is 0.273. The van der Waals surface area contributed by atoms with Gasteiger partial charge in [0.1, 0.15) is 11.4 Å². The quantitative estimate of drug-likeness (QED) is 0.499. The Kier molecular flexibility index (Phi) is 4.24. The molecule has 1 aliphatic rings. The lowest BCUT2D eigenvalue weighted by Crippen LogP contribution is -2.30. The van der Waals surface area contributed by atoms with Gasteiger partial charge in [0.2, 0.25) is 5.76 Å². The van der Waals surface area contributed by atoms with Gasteiger partial charge in [0.15, 0.2) is 5.43 Å². The lowest BCUT2D eigenvalue weighted by atomic mass is 9.97. The van der Waals surface area contributed by atoms with E-state index in [-0.39, 0.29) is 17.1 Å². The molecule has 2 aromatic carbocycles. The Labute approximate surface area is 173 Å². The van der Waals surface area contributed by atoms with Crippen molar-refractivity contribution in [3.05, 3.63) is 105 Å². The molecule has 3 heterocycles. The van der Waals surface area contributed by atoms with Crippen LogP contribution in [0.15, 0.2) is 76.1 Å². The lowest BCUT2D eigenvalue weighted by Gasteiger charge is -2.25. The molecule has 1 unspecified atom stereocenters. The molecule has 0 saturated carbocycles. The van der Waals surface area contributed by atoms with Gasteiger partial charge in [-0.1, -0.05) is 49.4 Å². The van der Waals surface area contributed by atoms with Crippen LogP contribution in [0, 0.1) is 6.92 Å². The van der Waals surface area contributed by atoms with Crippen molar-refractivity contribution >= 4 is 22.7 Å². The second-order valence-corrected chi connectivity index (χ2v) is 7.49. The maximum atomic E-state index is 13.5. The predicted molar refractivity (Wildman–Crippen MR) is 116 cm³/mol. The SMILES string of the molecule is CCc1ccc(C2c3c(oc4ccccc4c3=O)C(=O)N2c2ncccc2C)cc1. The zero-order valence-corrected chi connectivity index (χ0v) is 16.8. The van der Waals surface area contributed by atoms with Gasteiger partial charge in [0.05, 0.1) is 17.0 Å². The number of para-hydroxylation sites is 1. The van der Waals surface area contributed by atoms with Gasteiger partial charge >= 0.3 is 0 Å². The van der Waals surface area contributed by atoms with Gasteiger partial charge in [-0.05, 0) is 48.2 Å². The van der Waals surface area contributed by atoms with E-state index in [1.54, 1.807) is 35.4 Å². The second kappa shape index (κ2) is 6.95. The molecule has 0 spiro atoms. The molecule has 0 fully saturated rings. The fourth-order valence-electron chi connectivity index (χ4n) is 4.12. The average molecular weight is 396 g/mol. The summed E-state index contributed by atoms with van der Waals surface area (Å²) in [6.45, 7) is 4.00. The van der Waals surface area contributed by atoms with Crippen LogP contribution in [0.4, 0.5) is 5.82 Å². The molecule has 1 aliphatic heterocycles. The molecule has 4 aromatic rings. The number of nitrogens with zero attached hydrogens (tertiary/aromatic N) is 2. The van der Waals surface area contributed by atoms with Crippen LogP contribution in [0.2, 0.25) is 0 Å². The Balaban J connectivity index is 1.81. The summed E-state index contributed by atoms with van der Waals surface area (Å²) in [6.07, 6.45) is 2.57. The number of anilines is 1. The highest BCUT2D eigenvalue weighted by molar-refractivity contribution is 6.10. The number of carbonyl (C=O) groups excluding carboxylic acids is 1. The molecule has 5 heteroatoms. The van der Waals surface area contributed by atoms with Crippen molar-refractivity contribution < 1.29 is 9.21 Å². The molecule has 1 amide bonds. The summed E-state index contributed by atoms with van der Waals surface area (Å²) in [5, 5.41) is 0.471. The van der Waals surface area contributed by atoms with Crippen LogP contribution in [0.3, 0.4) is 0 Å². The number of aryl methyl sites for hydroxylation is 2. The Morgan fingerprint density at radius 1 is 1.00 bits per heavy atom. The van der Waals surface area contributed by atoms with E-state index in [9.17, 15) is 9.59 Å². The van der Waals surface area contributed by atoms with Crippen molar-refractivity contribution in [3.63, 3.8) is 0 Å². The number of carbonyl (C=O) groups is 1. The summed E-state index contributed by atoms with van der Waals surface area (Å²) in [4.78, 5) is 33.0. The summed E-state index contributed by atoms with van der Waals surface area (Å²) >= 11 is 0. The van der Waals surface area contributed by atoms with Crippen molar-refractivity contribution in [1.82, 2.24) is 4.98 Å². The molecule has 0 radical (unpaired) electrons. The monoisotopic (exact) mass is 396 g/mol. The minimum atomic E-state index is -0.590. The maximum Gasteiger partial charge on any atom is 0.296 e. The molecule has 5 rings (SSSR count). The Hall–Kier alpha value is -3.73. The van der Waals surface area contributed by atoms with Gasteiger partial charge in [-0.2, -0.15) is 0 Å². The van der Waals surface area contributed by atoms with Crippen LogP contribution >= 0.6 is 0 Å². The minimum absolute atomic E-state index is 0.0910. The van der Waals surface area contributed by atoms with E-state index >= 15 is 0 Å². The van der Waals surface area contributed by atoms with Gasteiger partial charge < -0.3 is 4.42 Å². The van der Waals surface area contributed by atoms with Crippen LogP contribution in [-0.4, -0.2) is 10.9 Å². The first-order valence-electron chi connectivity index (χ1n) is 10.00. The first-order valence-corrected chi connectivity index (χ1v) is 10.00. The van der Waals surface area contributed by atoms with Gasteiger partial charge in [-0.15, -0.1) is 0 Å². The van der Waals surface area contributed by atoms with Crippen molar-refractivity contribution in [2.24, 2.45) is 0 Å². The molecule has 2 aromatic heterocycles. The maximum absolute atomic E-state index is 13.5. The average Bonchev–Trinajstić information content (AvgIpc) is 3.07. The number of pyridine rings is 1. The summed E-state index contributed by atoms with van der Waals surface area (Å²) in [6, 6.07) is 18.2. The van der Waals surface area contributed by atoms with E-state index in [1.165, 1.54) is 5.56 Å². The third kappa shape index (κ3) is 2.66. The van der Waals surface area contributed by atoms with E-state index in [4.69, 9.17) is 4.42 Å². The number of rotatable bonds is 3. The Morgan fingerprint density at radius 2 is 1.77 bits per heavy atom. The lowest BCUT2D eigenvalue weighted by molar-refractivity contribution is 0.0970. The van der Waals surface area contributed by atoms with Crippen molar-refractivity contribution in [1.29, 1.82) is 0 Å². The predicted octanol–water partition coefficient (Wildman–Crippen LogP) is 4.81. The highest BCUT2D eigenvalue weighted by Gasteiger charge is 2.44. The standard InChI is InChI=1S/C25H20N2O3/c1-3-16-10-12-17(13-11-16)21-20-22(28)18-8-4-5-9-19(18)30-23(20)25(29)27(21)24-15(2)7-6-14-26-24/h4-14,21H,3H2,1-2H3. The number of hydrogen-bond acceptors (Lipinski definition) is 4. The Bertz CT molecular complexity index is 1340. The largest absolute Gasteiger partial charge is 0.450 e. The molecule has 0 saturated heterocycles. The van der Waals surface area contributed by atoms with Crippen molar-refractivity contribution in [2.45, 2.75) is 26.3 Å². The molecule has 0 N–H and O–H groups in total. The van der Waals surface area contributed by atoms with Crippen LogP contribution in [0.1, 0.15) is 45.8 Å². The molecule has 1 atom stereocenters. The highest BCUT2D eigenvalue weighted by Crippen LogP contribution is 2.41. The first kappa shape index (κ1) is 18.3. The fourth-order valence-corrected chi connectivity index (χ4v) is 4.12. The molecule has 0 bridgehead atoms. The molecular weight excluding hydrogens is 376 g/mol. The number of aromatic nitrogens is 1. The molecule has 148 valence electrons. The first-order chi connectivity index (χ1) is 14.6. The Morgan fingerprint density at radius 3 is 2.50 bits per heavy atom. The molecule has 0 aliphatic carbocycles. The number of hydrogen-bond donors (Lipinski definition) is 0. The highest BCUT2D eigenvalue weighted by atomic mass is 16.3. The smallest absolute Gasteiger partial charge is 0.296 e. The van der Waals surface area contributed by atoms with Crippen LogP contribution in [-0.2, 0) is 6.42 Å². The number of amides is 1. The molecule has 30 heavy (non-hydrogen) atoms. The second-order valence-electron chi connectivity index (χ2n) is 7.49. The van der Waals surface area contributed by atoms with E-state index in [1.807, 2.05) is 43.3 Å². The zero-order chi connectivity index (χ0) is 20.8. The van der Waals surface area contributed by atoms with Gasteiger partial charge in [-0.25, -0.2) is 4.98 Å². The zero-order valence-electron chi connectivity index (χ0n) is 16.8. The van der Waals surface area contributed by atoms with Gasteiger partial charge in [0.25, 0.3) is 5.91 Å². The van der Waals surface area contributed by atoms with Gasteiger partial charge in [-0.3, -0.25) is 14.5 Å². The molecular formula is C25H20N2O3. The van der Waals surface area contributed by atoms with Gasteiger partial charge in [0, 0.05) is 6.20 Å². The van der Waals surface area contributed by atoms with Crippen molar-refractivity contribution in [2.75, 3.05) is 4.90 Å². The number of benzene rings is 2. The third-order valence-electron chi connectivity index (χ3n) is 5.69. The van der Waals surface area contributed by atoms with Crippen molar-refractivity contribution in [3.8, 4) is 0 Å². The summed E-state index contributed by atoms with van der Waals surface area (Å²) in [5.41, 5.74) is 3.50.